The minimum Gasteiger partial charge on any atom is -0.505 e. The Morgan fingerprint density at radius 3 is 2.30 bits per heavy atom. The Hall–Kier alpha value is -2.27. The number of carbonyl (C=O) groups excluding carboxylic acids is 1. The number of aliphatic hydroxyl groups is 1. The van der Waals surface area contributed by atoms with Gasteiger partial charge in [-0.3, -0.25) is 0 Å². The van der Waals surface area contributed by atoms with Crippen LogP contribution in [0.25, 0.3) is 5.76 Å². The van der Waals surface area contributed by atoms with E-state index in [1.54, 1.807) is 43.1 Å². The summed E-state index contributed by atoms with van der Waals surface area (Å²) in [6, 6.07) is 16.4. The Morgan fingerprint density at radius 2 is 1.74 bits per heavy atom. The van der Waals surface area contributed by atoms with Crippen molar-refractivity contribution in [2.24, 2.45) is 0 Å². The van der Waals surface area contributed by atoms with Crippen LogP contribution in [0.3, 0.4) is 0 Å². The number of esters is 1. The number of hydrogen-bond donors (Lipinski definition) is 1. The van der Waals surface area contributed by atoms with Gasteiger partial charge in [0.25, 0.3) is 0 Å². The van der Waals surface area contributed by atoms with Crippen molar-refractivity contribution in [1.29, 1.82) is 0 Å². The number of anilines is 1. The lowest BCUT2D eigenvalue weighted by Gasteiger charge is -2.22. The molecule has 0 aliphatic heterocycles. The van der Waals surface area contributed by atoms with Gasteiger partial charge in [-0.25, -0.2) is 4.79 Å². The number of aliphatic hydroxyl groups excluding tert-OH is 1. The van der Waals surface area contributed by atoms with Gasteiger partial charge < -0.3 is 14.7 Å². The van der Waals surface area contributed by atoms with Crippen molar-refractivity contribution in [2.75, 3.05) is 18.6 Å². The molecule has 0 amide bonds. The monoisotopic (exact) mass is 375 g/mol. The zero-order valence-corrected chi connectivity index (χ0v) is 14.6. The Kier molecular flexibility index (Phi) is 5.82. The van der Waals surface area contributed by atoms with E-state index in [4.69, 9.17) is 4.74 Å². The lowest BCUT2D eigenvalue weighted by Crippen LogP contribution is -2.26. The van der Waals surface area contributed by atoms with Crippen LogP contribution in [-0.4, -0.2) is 24.7 Å². The second kappa shape index (κ2) is 7.83. The summed E-state index contributed by atoms with van der Waals surface area (Å²) in [5.41, 5.74) is 1.42. The fourth-order valence-electron chi connectivity index (χ4n) is 2.12. The third-order valence-electron chi connectivity index (χ3n) is 3.29. The largest absolute Gasteiger partial charge is 0.505 e. The van der Waals surface area contributed by atoms with Crippen molar-refractivity contribution in [2.45, 2.75) is 6.92 Å². The highest BCUT2D eigenvalue weighted by Gasteiger charge is 2.23. The Labute approximate surface area is 144 Å². The van der Waals surface area contributed by atoms with Crippen molar-refractivity contribution in [3.8, 4) is 0 Å². The van der Waals surface area contributed by atoms with E-state index < -0.39 is 5.97 Å². The number of ether oxygens (including phenoxy) is 1. The standard InChI is InChI=1S/C18H18BrNO3/c1-3-23-18(22)16(17(21)13-7-5-4-6-8-13)20(2)15-11-9-14(19)10-12-15/h4-12,21H,3H2,1-2H3/b17-16+. The van der Waals surface area contributed by atoms with E-state index in [0.717, 1.165) is 10.2 Å². The third kappa shape index (κ3) is 4.13. The second-order valence-corrected chi connectivity index (χ2v) is 5.73. The Bertz CT molecular complexity index is 696. The summed E-state index contributed by atoms with van der Waals surface area (Å²) in [4.78, 5) is 14.0. The first-order chi connectivity index (χ1) is 11.0. The van der Waals surface area contributed by atoms with Gasteiger partial charge in [-0.05, 0) is 31.2 Å². The van der Waals surface area contributed by atoms with Gasteiger partial charge in [-0.15, -0.1) is 0 Å². The normalized spacial score (nSPS) is 11.6. The topological polar surface area (TPSA) is 49.8 Å². The van der Waals surface area contributed by atoms with Crippen LogP contribution in [0, 0.1) is 0 Å². The van der Waals surface area contributed by atoms with E-state index in [1.165, 1.54) is 0 Å². The molecule has 0 radical (unpaired) electrons. The molecule has 0 unspecified atom stereocenters. The minimum absolute atomic E-state index is 0.0976. The first-order valence-electron chi connectivity index (χ1n) is 7.19. The summed E-state index contributed by atoms with van der Waals surface area (Å²) in [6.07, 6.45) is 0. The molecule has 0 spiro atoms. The molecular weight excluding hydrogens is 358 g/mol. The maximum Gasteiger partial charge on any atom is 0.358 e. The lowest BCUT2D eigenvalue weighted by atomic mass is 10.1. The molecule has 0 heterocycles. The predicted molar refractivity (Wildman–Crippen MR) is 95.2 cm³/mol. The van der Waals surface area contributed by atoms with Crippen molar-refractivity contribution in [1.82, 2.24) is 0 Å². The fourth-order valence-corrected chi connectivity index (χ4v) is 2.38. The molecule has 0 aliphatic rings. The minimum atomic E-state index is -0.570. The zero-order chi connectivity index (χ0) is 16.8. The van der Waals surface area contributed by atoms with Crippen LogP contribution in [0.5, 0.6) is 0 Å². The molecule has 5 heteroatoms. The van der Waals surface area contributed by atoms with E-state index in [2.05, 4.69) is 15.9 Å². The molecule has 0 atom stereocenters. The van der Waals surface area contributed by atoms with Crippen LogP contribution in [0.4, 0.5) is 5.69 Å². The molecule has 120 valence electrons. The predicted octanol–water partition coefficient (Wildman–Crippen LogP) is 4.38. The first-order valence-corrected chi connectivity index (χ1v) is 7.99. The van der Waals surface area contributed by atoms with Gasteiger partial charge in [0.15, 0.2) is 11.5 Å². The smallest absolute Gasteiger partial charge is 0.358 e. The molecular formula is C18H18BrNO3. The lowest BCUT2D eigenvalue weighted by molar-refractivity contribution is -0.138. The van der Waals surface area contributed by atoms with Crippen LogP contribution in [-0.2, 0) is 9.53 Å². The molecule has 1 N–H and O–H groups in total. The summed E-state index contributed by atoms with van der Waals surface area (Å²) >= 11 is 3.38. The van der Waals surface area contributed by atoms with Gasteiger partial charge in [0.2, 0.25) is 0 Å². The van der Waals surface area contributed by atoms with Crippen molar-refractivity contribution < 1.29 is 14.6 Å². The second-order valence-electron chi connectivity index (χ2n) is 4.82. The van der Waals surface area contributed by atoms with Crippen LogP contribution >= 0.6 is 15.9 Å². The van der Waals surface area contributed by atoms with Crippen LogP contribution in [0.15, 0.2) is 64.8 Å². The summed E-state index contributed by atoms with van der Waals surface area (Å²) in [6.45, 7) is 1.97. The number of benzene rings is 2. The molecule has 0 fully saturated rings. The van der Waals surface area contributed by atoms with Gasteiger partial charge in [-0.2, -0.15) is 0 Å². The van der Waals surface area contributed by atoms with E-state index in [-0.39, 0.29) is 18.1 Å². The fraction of sp³-hybridized carbons (Fsp3) is 0.167. The van der Waals surface area contributed by atoms with Crippen molar-refractivity contribution in [3.05, 3.63) is 70.3 Å². The highest BCUT2D eigenvalue weighted by Crippen LogP contribution is 2.25. The molecule has 4 nitrogen and oxygen atoms in total. The summed E-state index contributed by atoms with van der Waals surface area (Å²) in [5, 5.41) is 10.6. The molecule has 0 aromatic heterocycles. The Morgan fingerprint density at radius 1 is 1.13 bits per heavy atom. The maximum absolute atomic E-state index is 12.3. The zero-order valence-electron chi connectivity index (χ0n) is 13.0. The maximum atomic E-state index is 12.3. The molecule has 23 heavy (non-hydrogen) atoms. The van der Waals surface area contributed by atoms with Crippen molar-refractivity contribution in [3.63, 3.8) is 0 Å². The van der Waals surface area contributed by atoms with E-state index in [9.17, 15) is 9.90 Å². The van der Waals surface area contributed by atoms with Crippen LogP contribution in [0.2, 0.25) is 0 Å². The van der Waals surface area contributed by atoms with Crippen LogP contribution < -0.4 is 4.90 Å². The summed E-state index contributed by atoms with van der Waals surface area (Å²) < 4.78 is 6.04. The average Bonchev–Trinajstić information content (AvgIpc) is 2.56. The number of likely N-dealkylation sites (N-methyl/N-ethyl adjacent to an activating group) is 1. The summed E-state index contributed by atoms with van der Waals surface area (Å²) in [5.74, 6) is -0.686. The molecule has 2 aromatic rings. The van der Waals surface area contributed by atoms with Gasteiger partial charge in [0, 0.05) is 22.8 Å². The Balaban J connectivity index is 2.49. The molecule has 2 rings (SSSR count). The van der Waals surface area contributed by atoms with Gasteiger partial charge in [0.1, 0.15) is 0 Å². The third-order valence-corrected chi connectivity index (χ3v) is 3.82. The number of carbonyl (C=O) groups is 1. The van der Waals surface area contributed by atoms with Crippen LogP contribution in [0.1, 0.15) is 12.5 Å². The number of hydrogen-bond acceptors (Lipinski definition) is 4. The average molecular weight is 376 g/mol. The molecule has 2 aromatic carbocycles. The van der Waals surface area contributed by atoms with Crippen molar-refractivity contribution >= 4 is 33.3 Å². The van der Waals surface area contributed by atoms with Gasteiger partial charge >= 0.3 is 5.97 Å². The summed E-state index contributed by atoms with van der Waals surface area (Å²) in [7, 11) is 1.72. The molecule has 0 saturated carbocycles. The quantitative estimate of drug-likeness (QED) is 0.478. The molecule has 0 bridgehead atoms. The number of halogens is 1. The van der Waals surface area contributed by atoms with E-state index in [1.807, 2.05) is 30.3 Å². The SMILES string of the molecule is CCOC(=O)/C(=C(\O)c1ccccc1)N(C)c1ccc(Br)cc1. The van der Waals surface area contributed by atoms with Gasteiger partial charge in [-0.1, -0.05) is 46.3 Å². The number of rotatable bonds is 5. The molecule has 0 aliphatic carbocycles. The number of nitrogens with zero attached hydrogens (tertiary/aromatic N) is 1. The van der Waals surface area contributed by atoms with E-state index in [0.29, 0.717) is 5.56 Å². The van der Waals surface area contributed by atoms with Gasteiger partial charge in [0.05, 0.1) is 6.61 Å². The highest BCUT2D eigenvalue weighted by atomic mass is 79.9. The van der Waals surface area contributed by atoms with E-state index >= 15 is 0 Å². The molecule has 0 saturated heterocycles. The first kappa shape index (κ1) is 17.1. The highest BCUT2D eigenvalue weighted by molar-refractivity contribution is 9.10.